The number of morpholine rings is 1. The number of nitrogens with zero attached hydrogens (tertiary/aromatic N) is 2. The lowest BCUT2D eigenvalue weighted by Gasteiger charge is -2.35. The third-order valence-corrected chi connectivity index (χ3v) is 6.78. The third-order valence-electron chi connectivity index (χ3n) is 5.74. The van der Waals surface area contributed by atoms with E-state index in [9.17, 15) is 9.59 Å². The van der Waals surface area contributed by atoms with Gasteiger partial charge in [0.1, 0.15) is 6.54 Å². The average Bonchev–Trinajstić information content (AvgIpc) is 3.38. The molecule has 2 aliphatic heterocycles. The van der Waals surface area contributed by atoms with Crippen molar-refractivity contribution in [2.24, 2.45) is 0 Å². The summed E-state index contributed by atoms with van der Waals surface area (Å²) in [5.41, 5.74) is 1.01. The molecule has 1 N–H and O–H groups in total. The van der Waals surface area contributed by atoms with Crippen LogP contribution in [0.4, 0.5) is 0 Å². The number of thioether (sulfide) groups is 1. The quantitative estimate of drug-likeness (QED) is 0.664. The van der Waals surface area contributed by atoms with E-state index < -0.39 is 0 Å². The van der Waals surface area contributed by atoms with Crippen molar-refractivity contribution in [2.45, 2.75) is 56.4 Å². The number of nitrogens with one attached hydrogen (secondary N) is 1. The maximum absolute atomic E-state index is 13.0. The summed E-state index contributed by atoms with van der Waals surface area (Å²) >= 11 is 1.51. The van der Waals surface area contributed by atoms with Crippen molar-refractivity contribution in [1.29, 1.82) is 0 Å². The number of ether oxygens (including phenoxy) is 2. The molecule has 1 aromatic heterocycles. The molecule has 0 unspecified atom stereocenters. The van der Waals surface area contributed by atoms with E-state index >= 15 is 0 Å². The fourth-order valence-electron chi connectivity index (χ4n) is 4.31. The van der Waals surface area contributed by atoms with Gasteiger partial charge in [-0.25, -0.2) is 0 Å². The molecule has 3 atom stereocenters. The zero-order valence-corrected chi connectivity index (χ0v) is 19.0. The van der Waals surface area contributed by atoms with Crippen LogP contribution < -0.4 is 5.32 Å². The number of rotatable bonds is 7. The van der Waals surface area contributed by atoms with Gasteiger partial charge < -0.3 is 24.3 Å². The first-order valence-corrected chi connectivity index (χ1v) is 12.0. The summed E-state index contributed by atoms with van der Waals surface area (Å²) in [6.45, 7) is 6.89. The van der Waals surface area contributed by atoms with Crippen LogP contribution in [-0.4, -0.2) is 71.6 Å². The Bertz CT molecular complexity index is 915. The van der Waals surface area contributed by atoms with Gasteiger partial charge in [0.15, 0.2) is 0 Å². The highest BCUT2D eigenvalue weighted by molar-refractivity contribution is 8.00. The monoisotopic (exact) mass is 445 g/mol. The molecule has 4 rings (SSSR count). The molecule has 31 heavy (non-hydrogen) atoms. The molecule has 3 heterocycles. The number of hydrogen-bond acceptors (Lipinski definition) is 5. The fourth-order valence-corrected chi connectivity index (χ4v) is 5.23. The van der Waals surface area contributed by atoms with Crippen molar-refractivity contribution in [3.8, 4) is 0 Å². The van der Waals surface area contributed by atoms with Gasteiger partial charge in [-0.2, -0.15) is 0 Å². The Balaban J connectivity index is 1.39. The average molecular weight is 446 g/mol. The third kappa shape index (κ3) is 5.61. The number of aromatic nitrogens is 1. The first-order valence-electron chi connectivity index (χ1n) is 11.0. The van der Waals surface area contributed by atoms with Crippen LogP contribution in [0.3, 0.4) is 0 Å². The van der Waals surface area contributed by atoms with Crippen molar-refractivity contribution >= 4 is 34.5 Å². The minimum absolute atomic E-state index is 0.00435. The Morgan fingerprint density at radius 3 is 2.71 bits per heavy atom. The van der Waals surface area contributed by atoms with Crippen molar-refractivity contribution in [3.05, 3.63) is 30.5 Å². The molecule has 2 saturated heterocycles. The summed E-state index contributed by atoms with van der Waals surface area (Å²) < 4.78 is 13.3. The molecule has 2 aromatic rings. The number of amides is 2. The molecule has 168 valence electrons. The molecule has 0 saturated carbocycles. The molecule has 2 amide bonds. The van der Waals surface area contributed by atoms with Crippen LogP contribution in [0.5, 0.6) is 0 Å². The van der Waals surface area contributed by atoms with Crippen molar-refractivity contribution in [1.82, 2.24) is 14.8 Å². The van der Waals surface area contributed by atoms with Gasteiger partial charge in [-0.3, -0.25) is 9.59 Å². The number of benzene rings is 1. The van der Waals surface area contributed by atoms with Gasteiger partial charge in [0.2, 0.25) is 11.8 Å². The van der Waals surface area contributed by atoms with Crippen LogP contribution in [0.15, 0.2) is 35.4 Å². The van der Waals surface area contributed by atoms with Crippen molar-refractivity contribution in [3.63, 3.8) is 0 Å². The zero-order chi connectivity index (χ0) is 21.8. The molecule has 2 aliphatic rings. The Morgan fingerprint density at radius 2 is 1.97 bits per heavy atom. The first-order chi connectivity index (χ1) is 15.0. The molecular formula is C23H31N3O4S. The number of carbonyl (C=O) groups excluding carboxylic acids is 2. The summed E-state index contributed by atoms with van der Waals surface area (Å²) in [5.74, 6) is 0.436. The maximum atomic E-state index is 13.0. The Labute approximate surface area is 187 Å². The van der Waals surface area contributed by atoms with E-state index in [2.05, 4.69) is 5.32 Å². The molecule has 0 spiro atoms. The predicted octanol–water partition coefficient (Wildman–Crippen LogP) is 2.66. The minimum atomic E-state index is 0.00435. The summed E-state index contributed by atoms with van der Waals surface area (Å²) in [4.78, 5) is 28.2. The normalized spacial score (nSPS) is 23.9. The lowest BCUT2D eigenvalue weighted by Crippen LogP contribution is -2.49. The SMILES string of the molecule is C[C@@H]1CN(C(=O)Cn2cc(SCC(=O)NC[C@@H]3CCCO3)c3ccccc32)C[C@@H](C)O1. The summed E-state index contributed by atoms with van der Waals surface area (Å²) in [6.07, 6.45) is 4.31. The largest absolute Gasteiger partial charge is 0.376 e. The van der Waals surface area contributed by atoms with Gasteiger partial charge in [0, 0.05) is 48.2 Å². The fraction of sp³-hybridized carbons (Fsp3) is 0.565. The highest BCUT2D eigenvalue weighted by Crippen LogP contribution is 2.30. The smallest absolute Gasteiger partial charge is 0.242 e. The topological polar surface area (TPSA) is 72.8 Å². The lowest BCUT2D eigenvalue weighted by molar-refractivity contribution is -0.143. The Morgan fingerprint density at radius 1 is 1.19 bits per heavy atom. The Kier molecular flexibility index (Phi) is 7.20. The van der Waals surface area contributed by atoms with Crippen LogP contribution in [0.25, 0.3) is 10.9 Å². The second-order valence-corrected chi connectivity index (χ2v) is 9.44. The standard InChI is InChI=1S/C23H31N3O4S/c1-16-11-26(12-17(2)30-16)23(28)14-25-13-21(19-7-3-4-8-20(19)25)31-15-22(27)24-10-18-6-5-9-29-18/h3-4,7-8,13,16-18H,5-6,9-12,14-15H2,1-2H3,(H,24,27)/t16-,17-,18+/m1/s1. The number of fused-ring (bicyclic) bond motifs is 1. The molecule has 0 aliphatic carbocycles. The predicted molar refractivity (Wildman–Crippen MR) is 121 cm³/mol. The zero-order valence-electron chi connectivity index (χ0n) is 18.2. The van der Waals surface area contributed by atoms with Gasteiger partial charge in [-0.1, -0.05) is 18.2 Å². The molecule has 7 nitrogen and oxygen atoms in total. The molecule has 8 heteroatoms. The summed E-state index contributed by atoms with van der Waals surface area (Å²) in [7, 11) is 0. The van der Waals surface area contributed by atoms with Crippen LogP contribution in [0, 0.1) is 0 Å². The van der Waals surface area contributed by atoms with Gasteiger partial charge in [-0.15, -0.1) is 11.8 Å². The van der Waals surface area contributed by atoms with Gasteiger partial charge >= 0.3 is 0 Å². The molecule has 1 aromatic carbocycles. The molecule has 2 fully saturated rings. The van der Waals surface area contributed by atoms with Crippen molar-refractivity contribution < 1.29 is 19.1 Å². The van der Waals surface area contributed by atoms with Crippen LogP contribution >= 0.6 is 11.8 Å². The van der Waals surface area contributed by atoms with Crippen LogP contribution in [0.2, 0.25) is 0 Å². The van der Waals surface area contributed by atoms with Gasteiger partial charge in [-0.05, 0) is 32.8 Å². The minimum Gasteiger partial charge on any atom is -0.376 e. The number of para-hydroxylation sites is 1. The van der Waals surface area contributed by atoms with Gasteiger partial charge in [0.25, 0.3) is 0 Å². The van der Waals surface area contributed by atoms with E-state index in [4.69, 9.17) is 9.47 Å². The maximum Gasteiger partial charge on any atom is 0.242 e. The first kappa shape index (κ1) is 22.2. The van der Waals surface area contributed by atoms with Gasteiger partial charge in [0.05, 0.1) is 24.1 Å². The molecule has 0 radical (unpaired) electrons. The molecular weight excluding hydrogens is 414 g/mol. The van der Waals surface area contributed by atoms with Crippen LogP contribution in [0.1, 0.15) is 26.7 Å². The van der Waals surface area contributed by atoms with E-state index in [0.717, 1.165) is 35.2 Å². The van der Waals surface area contributed by atoms with Crippen LogP contribution in [-0.2, 0) is 25.6 Å². The lowest BCUT2D eigenvalue weighted by atomic mass is 10.2. The van der Waals surface area contributed by atoms with E-state index in [1.54, 1.807) is 0 Å². The number of carbonyl (C=O) groups is 2. The van der Waals surface area contributed by atoms with E-state index in [-0.39, 0.29) is 36.7 Å². The van der Waals surface area contributed by atoms with Crippen molar-refractivity contribution in [2.75, 3.05) is 32.0 Å². The highest BCUT2D eigenvalue weighted by Gasteiger charge is 2.26. The number of hydrogen-bond donors (Lipinski definition) is 1. The highest BCUT2D eigenvalue weighted by atomic mass is 32.2. The van der Waals surface area contributed by atoms with E-state index in [1.165, 1.54) is 11.8 Å². The van der Waals surface area contributed by atoms with E-state index in [0.29, 0.717) is 25.4 Å². The van der Waals surface area contributed by atoms with E-state index in [1.807, 2.05) is 53.8 Å². The Hall–Kier alpha value is -2.03. The second-order valence-electron chi connectivity index (χ2n) is 8.42. The summed E-state index contributed by atoms with van der Waals surface area (Å²) in [5, 5.41) is 4.03. The molecule has 0 bridgehead atoms. The summed E-state index contributed by atoms with van der Waals surface area (Å²) in [6, 6.07) is 8.03. The second kappa shape index (κ2) is 10.1.